The maximum atomic E-state index is 12.6. The van der Waals surface area contributed by atoms with Crippen molar-refractivity contribution in [3.8, 4) is 10.6 Å². The average molecular weight is 357 g/mol. The maximum Gasteiger partial charge on any atom is 0.273 e. The van der Waals surface area contributed by atoms with Crippen molar-refractivity contribution in [3.63, 3.8) is 0 Å². The van der Waals surface area contributed by atoms with Crippen molar-refractivity contribution in [2.45, 2.75) is 13.5 Å². The predicted octanol–water partition coefficient (Wildman–Crippen LogP) is 5.04. The molecular weight excluding hydrogens is 340 g/mol. The summed E-state index contributed by atoms with van der Waals surface area (Å²) >= 11 is 7.48. The highest BCUT2D eigenvalue weighted by atomic mass is 35.5. The van der Waals surface area contributed by atoms with Gasteiger partial charge in [-0.2, -0.15) is 0 Å². The van der Waals surface area contributed by atoms with Crippen molar-refractivity contribution in [2.75, 3.05) is 7.05 Å². The van der Waals surface area contributed by atoms with Gasteiger partial charge < -0.3 is 4.90 Å². The van der Waals surface area contributed by atoms with E-state index in [1.165, 1.54) is 16.9 Å². The lowest BCUT2D eigenvalue weighted by molar-refractivity contribution is 0.0780. The second kappa shape index (κ2) is 7.16. The second-order valence-electron chi connectivity index (χ2n) is 5.70. The van der Waals surface area contributed by atoms with Crippen LogP contribution in [0.25, 0.3) is 10.6 Å². The van der Waals surface area contributed by atoms with Crippen LogP contribution >= 0.6 is 22.9 Å². The van der Waals surface area contributed by atoms with Crippen molar-refractivity contribution < 1.29 is 4.79 Å². The summed E-state index contributed by atoms with van der Waals surface area (Å²) in [7, 11) is 1.77. The van der Waals surface area contributed by atoms with Gasteiger partial charge >= 0.3 is 0 Å². The van der Waals surface area contributed by atoms with Crippen molar-refractivity contribution in [2.24, 2.45) is 0 Å². The molecule has 0 spiro atoms. The number of thiazole rings is 1. The van der Waals surface area contributed by atoms with E-state index in [1.54, 1.807) is 11.9 Å². The first-order valence-electron chi connectivity index (χ1n) is 7.55. The Labute approximate surface area is 150 Å². The molecule has 0 fully saturated rings. The molecule has 24 heavy (non-hydrogen) atoms. The molecule has 0 N–H and O–H groups in total. The number of hydrogen-bond acceptors (Lipinski definition) is 3. The van der Waals surface area contributed by atoms with Crippen LogP contribution in [0.2, 0.25) is 5.02 Å². The minimum absolute atomic E-state index is 0.0930. The molecule has 2 aromatic carbocycles. The summed E-state index contributed by atoms with van der Waals surface area (Å²) in [6.45, 7) is 2.54. The predicted molar refractivity (Wildman–Crippen MR) is 99.5 cm³/mol. The Hall–Kier alpha value is -2.17. The number of aryl methyl sites for hydroxylation is 1. The number of halogens is 1. The van der Waals surface area contributed by atoms with Gasteiger partial charge in [0.2, 0.25) is 0 Å². The summed E-state index contributed by atoms with van der Waals surface area (Å²) < 4.78 is 0. The monoisotopic (exact) mass is 356 g/mol. The molecule has 0 saturated heterocycles. The van der Waals surface area contributed by atoms with E-state index in [-0.39, 0.29) is 5.91 Å². The van der Waals surface area contributed by atoms with E-state index in [0.29, 0.717) is 17.3 Å². The summed E-state index contributed by atoms with van der Waals surface area (Å²) in [5.41, 5.74) is 3.70. The molecular formula is C19H17ClN2OS. The zero-order valence-corrected chi connectivity index (χ0v) is 15.1. The molecule has 1 aromatic heterocycles. The molecule has 0 saturated carbocycles. The lowest BCUT2D eigenvalue weighted by Crippen LogP contribution is -2.26. The number of amides is 1. The Morgan fingerprint density at radius 2 is 1.96 bits per heavy atom. The summed E-state index contributed by atoms with van der Waals surface area (Å²) in [4.78, 5) is 18.7. The van der Waals surface area contributed by atoms with Gasteiger partial charge in [-0.05, 0) is 24.6 Å². The average Bonchev–Trinajstić information content (AvgIpc) is 3.04. The zero-order valence-electron chi connectivity index (χ0n) is 13.5. The summed E-state index contributed by atoms with van der Waals surface area (Å²) in [6, 6.07) is 15.7. The number of aromatic nitrogens is 1. The number of hydrogen-bond donors (Lipinski definition) is 0. The molecule has 0 aliphatic heterocycles. The SMILES string of the molecule is Cc1ccc(-c2nc(C(=O)N(C)Cc3cccc(Cl)c3)cs2)cc1. The fourth-order valence-electron chi connectivity index (χ4n) is 2.38. The summed E-state index contributed by atoms with van der Waals surface area (Å²) in [6.07, 6.45) is 0. The van der Waals surface area contributed by atoms with Crippen molar-refractivity contribution in [1.29, 1.82) is 0 Å². The van der Waals surface area contributed by atoms with Crippen LogP contribution in [-0.2, 0) is 6.54 Å². The van der Waals surface area contributed by atoms with Gasteiger partial charge in [0.15, 0.2) is 0 Å². The molecule has 0 bridgehead atoms. The molecule has 0 atom stereocenters. The highest BCUT2D eigenvalue weighted by molar-refractivity contribution is 7.13. The topological polar surface area (TPSA) is 33.2 Å². The molecule has 122 valence electrons. The fourth-order valence-corrected chi connectivity index (χ4v) is 3.39. The zero-order chi connectivity index (χ0) is 17.1. The molecule has 1 heterocycles. The van der Waals surface area contributed by atoms with Crippen LogP contribution in [0.15, 0.2) is 53.9 Å². The lowest BCUT2D eigenvalue weighted by atomic mass is 10.2. The van der Waals surface area contributed by atoms with Crippen LogP contribution < -0.4 is 0 Å². The fraction of sp³-hybridized carbons (Fsp3) is 0.158. The van der Waals surface area contributed by atoms with Gasteiger partial charge in [-0.25, -0.2) is 4.98 Å². The van der Waals surface area contributed by atoms with E-state index < -0.39 is 0 Å². The quantitative estimate of drug-likeness (QED) is 0.655. The lowest BCUT2D eigenvalue weighted by Gasteiger charge is -2.16. The van der Waals surface area contributed by atoms with Gasteiger partial charge in [-0.1, -0.05) is 53.6 Å². The Balaban J connectivity index is 1.74. The molecule has 0 unspecified atom stereocenters. The normalized spacial score (nSPS) is 10.6. The molecule has 0 aliphatic carbocycles. The van der Waals surface area contributed by atoms with Crippen LogP contribution in [0.4, 0.5) is 0 Å². The highest BCUT2D eigenvalue weighted by Crippen LogP contribution is 2.24. The summed E-state index contributed by atoms with van der Waals surface area (Å²) in [5, 5.41) is 3.34. The van der Waals surface area contributed by atoms with Crippen LogP contribution in [0, 0.1) is 6.92 Å². The third kappa shape index (κ3) is 3.83. The smallest absolute Gasteiger partial charge is 0.273 e. The first kappa shape index (κ1) is 16.7. The second-order valence-corrected chi connectivity index (χ2v) is 6.99. The third-order valence-electron chi connectivity index (χ3n) is 3.68. The number of nitrogens with zero attached hydrogens (tertiary/aromatic N) is 2. The molecule has 0 aliphatic rings. The number of benzene rings is 2. The molecule has 3 rings (SSSR count). The van der Waals surface area contributed by atoms with Crippen molar-refractivity contribution in [3.05, 3.63) is 75.8 Å². The minimum Gasteiger partial charge on any atom is -0.336 e. The standard InChI is InChI=1S/C19H17ClN2OS/c1-13-6-8-15(9-7-13)18-21-17(12-24-18)19(23)22(2)11-14-4-3-5-16(20)10-14/h3-10,12H,11H2,1-2H3. The molecule has 0 radical (unpaired) electrons. The van der Waals surface area contributed by atoms with E-state index in [9.17, 15) is 4.79 Å². The molecule has 3 nitrogen and oxygen atoms in total. The van der Waals surface area contributed by atoms with Crippen LogP contribution in [0.5, 0.6) is 0 Å². The first-order chi connectivity index (χ1) is 11.5. The Kier molecular flexibility index (Phi) is 4.97. The van der Waals surface area contributed by atoms with Gasteiger partial charge in [0.1, 0.15) is 10.7 Å². The van der Waals surface area contributed by atoms with Crippen LogP contribution in [0.1, 0.15) is 21.6 Å². The van der Waals surface area contributed by atoms with E-state index in [0.717, 1.165) is 16.1 Å². The Morgan fingerprint density at radius 3 is 2.67 bits per heavy atom. The van der Waals surface area contributed by atoms with Crippen LogP contribution in [-0.4, -0.2) is 22.8 Å². The van der Waals surface area contributed by atoms with Crippen molar-refractivity contribution >= 4 is 28.8 Å². The van der Waals surface area contributed by atoms with Gasteiger partial charge in [-0.3, -0.25) is 4.79 Å². The third-order valence-corrected chi connectivity index (χ3v) is 4.80. The number of rotatable bonds is 4. The van der Waals surface area contributed by atoms with Gasteiger partial charge in [0.05, 0.1) is 0 Å². The molecule has 1 amide bonds. The van der Waals surface area contributed by atoms with Gasteiger partial charge in [-0.15, -0.1) is 11.3 Å². The van der Waals surface area contributed by atoms with Gasteiger partial charge in [0, 0.05) is 29.6 Å². The minimum atomic E-state index is -0.0930. The summed E-state index contributed by atoms with van der Waals surface area (Å²) in [5.74, 6) is -0.0930. The molecule has 5 heteroatoms. The molecule has 3 aromatic rings. The van der Waals surface area contributed by atoms with E-state index in [4.69, 9.17) is 11.6 Å². The number of carbonyl (C=O) groups is 1. The first-order valence-corrected chi connectivity index (χ1v) is 8.81. The maximum absolute atomic E-state index is 12.6. The Bertz CT molecular complexity index is 858. The van der Waals surface area contributed by atoms with E-state index in [1.807, 2.05) is 60.8 Å². The van der Waals surface area contributed by atoms with Crippen molar-refractivity contribution in [1.82, 2.24) is 9.88 Å². The van der Waals surface area contributed by atoms with E-state index in [2.05, 4.69) is 4.98 Å². The highest BCUT2D eigenvalue weighted by Gasteiger charge is 2.16. The Morgan fingerprint density at radius 1 is 1.21 bits per heavy atom. The van der Waals surface area contributed by atoms with E-state index >= 15 is 0 Å². The number of carbonyl (C=O) groups excluding carboxylic acids is 1. The van der Waals surface area contributed by atoms with Gasteiger partial charge in [0.25, 0.3) is 5.91 Å². The largest absolute Gasteiger partial charge is 0.336 e. The van der Waals surface area contributed by atoms with Crippen LogP contribution in [0.3, 0.4) is 0 Å².